The Labute approximate surface area is 170 Å². The molecule has 2 amide bonds. The van der Waals surface area contributed by atoms with Gasteiger partial charge in [0.2, 0.25) is 0 Å². The Kier molecular flexibility index (Phi) is 6.66. The van der Waals surface area contributed by atoms with Gasteiger partial charge in [0.25, 0.3) is 5.69 Å². The number of non-ortho nitro benzene ring substituents is 1. The van der Waals surface area contributed by atoms with E-state index < -0.39 is 0 Å². The molecular formula is C21H27N5O3. The third-order valence-electron chi connectivity index (χ3n) is 5.36. The largest absolute Gasteiger partial charge is 0.369 e. The summed E-state index contributed by atoms with van der Waals surface area (Å²) in [6.45, 7) is 8.86. The van der Waals surface area contributed by atoms with E-state index in [1.807, 2.05) is 32.0 Å². The monoisotopic (exact) mass is 397 g/mol. The van der Waals surface area contributed by atoms with Gasteiger partial charge in [-0.3, -0.25) is 15.0 Å². The van der Waals surface area contributed by atoms with Crippen molar-refractivity contribution in [2.45, 2.75) is 13.8 Å². The van der Waals surface area contributed by atoms with E-state index >= 15 is 0 Å². The van der Waals surface area contributed by atoms with Crippen LogP contribution >= 0.6 is 0 Å². The number of urea groups is 1. The normalized spacial score (nSPS) is 14.5. The first-order chi connectivity index (χ1) is 13.9. The maximum Gasteiger partial charge on any atom is 0.319 e. The number of aryl methyl sites for hydroxylation is 1. The summed E-state index contributed by atoms with van der Waals surface area (Å²) in [6.07, 6.45) is 0. The Morgan fingerprint density at radius 3 is 2.41 bits per heavy atom. The van der Waals surface area contributed by atoms with Crippen LogP contribution in [-0.4, -0.2) is 55.1 Å². The number of carbonyl (C=O) groups excluding carboxylic acids is 1. The van der Waals surface area contributed by atoms with Crippen LogP contribution < -0.4 is 15.5 Å². The zero-order valence-corrected chi connectivity index (χ0v) is 16.9. The number of amides is 2. The molecule has 29 heavy (non-hydrogen) atoms. The second-order valence-corrected chi connectivity index (χ2v) is 7.23. The first kappa shape index (κ1) is 20.6. The topological polar surface area (TPSA) is 90.8 Å². The molecule has 154 valence electrons. The fourth-order valence-corrected chi connectivity index (χ4v) is 3.40. The fraction of sp³-hybridized carbons (Fsp3) is 0.381. The molecule has 0 unspecified atom stereocenters. The highest BCUT2D eigenvalue weighted by Crippen LogP contribution is 2.20. The average molecular weight is 397 g/mol. The molecule has 1 heterocycles. The number of nitrogens with one attached hydrogen (secondary N) is 2. The van der Waals surface area contributed by atoms with E-state index in [9.17, 15) is 14.9 Å². The summed E-state index contributed by atoms with van der Waals surface area (Å²) in [4.78, 5) is 27.0. The molecule has 0 atom stereocenters. The summed E-state index contributed by atoms with van der Waals surface area (Å²) in [5.41, 5.74) is 4.16. The van der Waals surface area contributed by atoms with Crippen molar-refractivity contribution in [1.82, 2.24) is 10.2 Å². The highest BCUT2D eigenvalue weighted by molar-refractivity contribution is 5.90. The minimum atomic E-state index is -0.384. The number of rotatable bonds is 6. The fourth-order valence-electron chi connectivity index (χ4n) is 3.40. The molecule has 0 aromatic heterocycles. The molecule has 1 aliphatic rings. The van der Waals surface area contributed by atoms with Gasteiger partial charge in [0.05, 0.1) is 4.92 Å². The molecule has 0 saturated carbocycles. The van der Waals surface area contributed by atoms with Crippen LogP contribution in [0.3, 0.4) is 0 Å². The van der Waals surface area contributed by atoms with E-state index in [0.29, 0.717) is 6.54 Å². The van der Waals surface area contributed by atoms with Gasteiger partial charge in [0.1, 0.15) is 0 Å². The number of anilines is 2. The van der Waals surface area contributed by atoms with Crippen LogP contribution in [0, 0.1) is 24.0 Å². The molecule has 2 aromatic rings. The molecule has 0 spiro atoms. The molecule has 2 aromatic carbocycles. The molecule has 0 aliphatic carbocycles. The number of nitrogens with zero attached hydrogens (tertiary/aromatic N) is 3. The molecule has 1 aliphatic heterocycles. The molecule has 3 rings (SSSR count). The molecule has 8 nitrogen and oxygen atoms in total. The predicted molar refractivity (Wildman–Crippen MR) is 115 cm³/mol. The lowest BCUT2D eigenvalue weighted by atomic mass is 10.1. The summed E-state index contributed by atoms with van der Waals surface area (Å²) in [7, 11) is 0. The van der Waals surface area contributed by atoms with Gasteiger partial charge < -0.3 is 15.5 Å². The number of hydrogen-bond acceptors (Lipinski definition) is 5. The second-order valence-electron chi connectivity index (χ2n) is 7.23. The lowest BCUT2D eigenvalue weighted by Crippen LogP contribution is -2.48. The quantitative estimate of drug-likeness (QED) is 0.577. The standard InChI is InChI=1S/C21H27N5O3/c1-16-4-3-5-20(17(16)2)23-21(27)22-10-11-24-12-14-25(15-13-24)18-6-8-19(9-7-18)26(28)29/h3-9H,10-15H2,1-2H3,(H2,22,23,27). The van der Waals surface area contributed by atoms with Crippen LogP contribution in [0.2, 0.25) is 0 Å². The van der Waals surface area contributed by atoms with Crippen molar-refractivity contribution < 1.29 is 9.72 Å². The molecule has 8 heteroatoms. The van der Waals surface area contributed by atoms with Crippen molar-refractivity contribution in [3.8, 4) is 0 Å². The highest BCUT2D eigenvalue weighted by Gasteiger charge is 2.18. The minimum Gasteiger partial charge on any atom is -0.369 e. The SMILES string of the molecule is Cc1cccc(NC(=O)NCCN2CCN(c3ccc([N+](=O)[O-])cc3)CC2)c1C. The van der Waals surface area contributed by atoms with Crippen molar-refractivity contribution in [2.24, 2.45) is 0 Å². The molecule has 2 N–H and O–H groups in total. The third kappa shape index (κ3) is 5.45. The van der Waals surface area contributed by atoms with E-state index in [1.54, 1.807) is 24.3 Å². The third-order valence-corrected chi connectivity index (χ3v) is 5.36. The minimum absolute atomic E-state index is 0.109. The molecule has 0 radical (unpaired) electrons. The number of nitro groups is 1. The van der Waals surface area contributed by atoms with Crippen LogP contribution in [0.5, 0.6) is 0 Å². The van der Waals surface area contributed by atoms with Gasteiger partial charge in [-0.25, -0.2) is 4.79 Å². The van der Waals surface area contributed by atoms with E-state index in [2.05, 4.69) is 20.4 Å². The Hall–Kier alpha value is -3.13. The van der Waals surface area contributed by atoms with Crippen molar-refractivity contribution >= 4 is 23.1 Å². The number of benzene rings is 2. The maximum atomic E-state index is 12.1. The smallest absolute Gasteiger partial charge is 0.319 e. The van der Waals surface area contributed by atoms with Gasteiger partial charge in [0, 0.05) is 62.8 Å². The van der Waals surface area contributed by atoms with E-state index in [4.69, 9.17) is 0 Å². The van der Waals surface area contributed by atoms with Crippen molar-refractivity contribution in [3.05, 3.63) is 63.7 Å². The Balaban J connectivity index is 1.39. The van der Waals surface area contributed by atoms with E-state index in [0.717, 1.165) is 55.2 Å². The van der Waals surface area contributed by atoms with Gasteiger partial charge in [-0.15, -0.1) is 0 Å². The Morgan fingerprint density at radius 2 is 1.76 bits per heavy atom. The first-order valence-corrected chi connectivity index (χ1v) is 9.77. The molecule has 1 saturated heterocycles. The lowest BCUT2D eigenvalue weighted by Gasteiger charge is -2.36. The number of hydrogen-bond donors (Lipinski definition) is 2. The van der Waals surface area contributed by atoms with Crippen molar-refractivity contribution in [1.29, 1.82) is 0 Å². The molecule has 1 fully saturated rings. The number of piperazine rings is 1. The predicted octanol–water partition coefficient (Wildman–Crippen LogP) is 3.16. The molecule has 0 bridgehead atoms. The van der Waals surface area contributed by atoms with Crippen LogP contribution in [0.4, 0.5) is 21.9 Å². The van der Waals surface area contributed by atoms with E-state index in [1.165, 1.54) is 0 Å². The van der Waals surface area contributed by atoms with Gasteiger partial charge in [-0.2, -0.15) is 0 Å². The van der Waals surface area contributed by atoms with Gasteiger partial charge >= 0.3 is 6.03 Å². The lowest BCUT2D eigenvalue weighted by molar-refractivity contribution is -0.384. The summed E-state index contributed by atoms with van der Waals surface area (Å²) in [5.74, 6) is 0. The second kappa shape index (κ2) is 9.38. The van der Waals surface area contributed by atoms with E-state index in [-0.39, 0.29) is 16.6 Å². The summed E-state index contributed by atoms with van der Waals surface area (Å²) < 4.78 is 0. The summed E-state index contributed by atoms with van der Waals surface area (Å²) in [6, 6.07) is 12.3. The van der Waals surface area contributed by atoms with Crippen LogP contribution in [0.15, 0.2) is 42.5 Å². The highest BCUT2D eigenvalue weighted by atomic mass is 16.6. The number of carbonyl (C=O) groups is 1. The Bertz CT molecular complexity index is 861. The Morgan fingerprint density at radius 1 is 1.07 bits per heavy atom. The van der Waals surface area contributed by atoms with Gasteiger partial charge in [-0.05, 0) is 43.2 Å². The summed E-state index contributed by atoms with van der Waals surface area (Å²) in [5, 5.41) is 16.6. The number of nitro benzene ring substituents is 1. The van der Waals surface area contributed by atoms with Crippen LogP contribution in [-0.2, 0) is 0 Å². The van der Waals surface area contributed by atoms with Gasteiger partial charge in [-0.1, -0.05) is 12.1 Å². The molecular weight excluding hydrogens is 370 g/mol. The van der Waals surface area contributed by atoms with Crippen LogP contribution in [0.1, 0.15) is 11.1 Å². The zero-order valence-electron chi connectivity index (χ0n) is 16.9. The first-order valence-electron chi connectivity index (χ1n) is 9.77. The zero-order chi connectivity index (χ0) is 20.8. The van der Waals surface area contributed by atoms with Crippen molar-refractivity contribution in [3.63, 3.8) is 0 Å². The summed E-state index contributed by atoms with van der Waals surface area (Å²) >= 11 is 0. The van der Waals surface area contributed by atoms with Gasteiger partial charge in [0.15, 0.2) is 0 Å². The van der Waals surface area contributed by atoms with Crippen molar-refractivity contribution in [2.75, 3.05) is 49.5 Å². The average Bonchev–Trinajstić information content (AvgIpc) is 2.72. The van der Waals surface area contributed by atoms with Crippen LogP contribution in [0.25, 0.3) is 0 Å². The maximum absolute atomic E-state index is 12.1.